The summed E-state index contributed by atoms with van der Waals surface area (Å²) in [6, 6.07) is 3.05. The standard InChI is InChI=1S/C11H12FN3/c1-7-3-8(9(12)4-10(7)13)11-5-15(2)6-14-11/h3-6H,13H2,1-2H3. The van der Waals surface area contributed by atoms with Crippen LogP contribution in [0.2, 0.25) is 0 Å². The third-order valence-electron chi connectivity index (χ3n) is 2.34. The molecule has 2 rings (SSSR count). The quantitative estimate of drug-likeness (QED) is 0.725. The molecule has 3 nitrogen and oxygen atoms in total. The van der Waals surface area contributed by atoms with Crippen LogP contribution in [0.4, 0.5) is 10.1 Å². The van der Waals surface area contributed by atoms with Crippen LogP contribution in [0.5, 0.6) is 0 Å². The number of hydrogen-bond donors (Lipinski definition) is 1. The Morgan fingerprint density at radius 2 is 2.13 bits per heavy atom. The molecule has 1 heterocycles. The molecule has 4 heteroatoms. The van der Waals surface area contributed by atoms with E-state index >= 15 is 0 Å². The molecule has 15 heavy (non-hydrogen) atoms. The van der Waals surface area contributed by atoms with E-state index in [2.05, 4.69) is 4.98 Å². The van der Waals surface area contributed by atoms with Crippen LogP contribution >= 0.6 is 0 Å². The van der Waals surface area contributed by atoms with Crippen LogP contribution in [0.15, 0.2) is 24.7 Å². The molecule has 0 atom stereocenters. The summed E-state index contributed by atoms with van der Waals surface area (Å²) in [6.45, 7) is 1.85. The summed E-state index contributed by atoms with van der Waals surface area (Å²) in [4.78, 5) is 4.10. The number of hydrogen-bond acceptors (Lipinski definition) is 2. The predicted octanol–water partition coefficient (Wildman–Crippen LogP) is 2.12. The maximum Gasteiger partial charge on any atom is 0.134 e. The highest BCUT2D eigenvalue weighted by molar-refractivity contribution is 5.65. The number of anilines is 1. The second-order valence-corrected chi connectivity index (χ2v) is 3.61. The van der Waals surface area contributed by atoms with Gasteiger partial charge in [0.25, 0.3) is 0 Å². The van der Waals surface area contributed by atoms with E-state index in [9.17, 15) is 4.39 Å². The van der Waals surface area contributed by atoms with Gasteiger partial charge in [-0.1, -0.05) is 0 Å². The molecule has 0 bridgehead atoms. The fraction of sp³-hybridized carbons (Fsp3) is 0.182. The van der Waals surface area contributed by atoms with Gasteiger partial charge in [0.05, 0.1) is 12.0 Å². The number of nitrogens with two attached hydrogens (primary N) is 1. The van der Waals surface area contributed by atoms with Gasteiger partial charge in [-0.3, -0.25) is 0 Å². The van der Waals surface area contributed by atoms with Crippen molar-refractivity contribution in [1.29, 1.82) is 0 Å². The Labute approximate surface area is 87.4 Å². The molecule has 1 aromatic heterocycles. The van der Waals surface area contributed by atoms with Crippen LogP contribution in [0.1, 0.15) is 5.56 Å². The van der Waals surface area contributed by atoms with Gasteiger partial charge in [0, 0.05) is 24.5 Å². The molecule has 0 saturated heterocycles. The first-order valence-electron chi connectivity index (χ1n) is 4.62. The number of nitrogens with zero attached hydrogens (tertiary/aromatic N) is 2. The lowest BCUT2D eigenvalue weighted by Crippen LogP contribution is -1.93. The smallest absolute Gasteiger partial charge is 0.134 e. The van der Waals surface area contributed by atoms with Crippen LogP contribution in [0.25, 0.3) is 11.3 Å². The molecule has 0 aliphatic carbocycles. The maximum atomic E-state index is 13.6. The molecule has 2 N–H and O–H groups in total. The van der Waals surface area contributed by atoms with Crippen molar-refractivity contribution in [3.8, 4) is 11.3 Å². The molecule has 0 fully saturated rings. The molecular formula is C11H12FN3. The maximum absolute atomic E-state index is 13.6. The average Bonchev–Trinajstić information content (AvgIpc) is 2.58. The van der Waals surface area contributed by atoms with E-state index in [0.29, 0.717) is 16.9 Å². The Balaban J connectivity index is 2.58. The number of rotatable bonds is 1. The minimum absolute atomic E-state index is 0.336. The van der Waals surface area contributed by atoms with E-state index in [4.69, 9.17) is 5.73 Å². The van der Waals surface area contributed by atoms with E-state index in [-0.39, 0.29) is 5.82 Å². The van der Waals surface area contributed by atoms with Crippen molar-refractivity contribution in [1.82, 2.24) is 9.55 Å². The highest BCUT2D eigenvalue weighted by atomic mass is 19.1. The van der Waals surface area contributed by atoms with Gasteiger partial charge in [0.1, 0.15) is 5.82 Å². The largest absolute Gasteiger partial charge is 0.398 e. The first-order valence-corrected chi connectivity index (χ1v) is 4.62. The monoisotopic (exact) mass is 205 g/mol. The molecule has 1 aromatic carbocycles. The van der Waals surface area contributed by atoms with Gasteiger partial charge in [0.15, 0.2) is 0 Å². The lowest BCUT2D eigenvalue weighted by molar-refractivity contribution is 0.631. The zero-order valence-corrected chi connectivity index (χ0v) is 8.66. The van der Waals surface area contributed by atoms with Crippen molar-refractivity contribution < 1.29 is 4.39 Å². The van der Waals surface area contributed by atoms with Crippen LogP contribution in [0, 0.1) is 12.7 Å². The Morgan fingerprint density at radius 3 is 2.73 bits per heavy atom. The zero-order chi connectivity index (χ0) is 11.0. The van der Waals surface area contributed by atoms with Gasteiger partial charge in [-0.2, -0.15) is 0 Å². The molecule has 0 spiro atoms. The summed E-state index contributed by atoms with van der Waals surface area (Å²) < 4.78 is 15.4. The van der Waals surface area contributed by atoms with E-state index in [0.717, 1.165) is 5.56 Å². The van der Waals surface area contributed by atoms with Gasteiger partial charge in [0.2, 0.25) is 0 Å². The van der Waals surface area contributed by atoms with Crippen LogP contribution in [-0.4, -0.2) is 9.55 Å². The molecule has 0 amide bonds. The van der Waals surface area contributed by atoms with Crippen LogP contribution in [0.3, 0.4) is 0 Å². The lowest BCUT2D eigenvalue weighted by Gasteiger charge is -2.04. The average molecular weight is 205 g/mol. The number of imidazole rings is 1. The minimum atomic E-state index is -0.336. The van der Waals surface area contributed by atoms with E-state index in [1.54, 1.807) is 23.2 Å². The second kappa shape index (κ2) is 3.38. The van der Waals surface area contributed by atoms with Gasteiger partial charge in [-0.05, 0) is 24.6 Å². The summed E-state index contributed by atoms with van der Waals surface area (Å²) in [7, 11) is 1.85. The Kier molecular flexibility index (Phi) is 2.19. The zero-order valence-electron chi connectivity index (χ0n) is 8.66. The van der Waals surface area contributed by atoms with E-state index in [1.807, 2.05) is 14.0 Å². The molecule has 0 saturated carbocycles. The normalized spacial score (nSPS) is 10.6. The predicted molar refractivity (Wildman–Crippen MR) is 57.8 cm³/mol. The van der Waals surface area contributed by atoms with Crippen LogP contribution < -0.4 is 5.73 Å². The summed E-state index contributed by atoms with van der Waals surface area (Å²) in [5.41, 5.74) is 8.04. The second-order valence-electron chi connectivity index (χ2n) is 3.61. The molecule has 0 aliphatic rings. The fourth-order valence-electron chi connectivity index (χ4n) is 1.45. The summed E-state index contributed by atoms with van der Waals surface area (Å²) in [5.74, 6) is -0.336. The van der Waals surface area contributed by atoms with Crippen LogP contribution in [-0.2, 0) is 7.05 Å². The topological polar surface area (TPSA) is 43.8 Å². The van der Waals surface area contributed by atoms with E-state index in [1.165, 1.54) is 6.07 Å². The molecule has 0 unspecified atom stereocenters. The van der Waals surface area contributed by atoms with Crippen molar-refractivity contribution in [3.63, 3.8) is 0 Å². The highest BCUT2D eigenvalue weighted by Gasteiger charge is 2.09. The molecule has 78 valence electrons. The number of halogens is 1. The molecule has 2 aromatic rings. The third kappa shape index (κ3) is 1.70. The summed E-state index contributed by atoms with van der Waals surface area (Å²) in [6.07, 6.45) is 3.41. The number of nitrogen functional groups attached to an aromatic ring is 1. The van der Waals surface area contributed by atoms with Crippen molar-refractivity contribution in [2.24, 2.45) is 7.05 Å². The van der Waals surface area contributed by atoms with Gasteiger partial charge in [-0.15, -0.1) is 0 Å². The van der Waals surface area contributed by atoms with Gasteiger partial charge >= 0.3 is 0 Å². The number of aryl methyl sites for hydroxylation is 2. The number of benzene rings is 1. The molecular weight excluding hydrogens is 193 g/mol. The van der Waals surface area contributed by atoms with Gasteiger partial charge in [-0.25, -0.2) is 9.37 Å². The first kappa shape index (κ1) is 9.71. The SMILES string of the molecule is Cc1cc(-c2cn(C)cn2)c(F)cc1N. The number of aromatic nitrogens is 2. The molecule has 0 radical (unpaired) electrons. The van der Waals surface area contributed by atoms with Crippen molar-refractivity contribution in [3.05, 3.63) is 36.0 Å². The van der Waals surface area contributed by atoms with Crippen molar-refractivity contribution in [2.45, 2.75) is 6.92 Å². The van der Waals surface area contributed by atoms with Gasteiger partial charge < -0.3 is 10.3 Å². The minimum Gasteiger partial charge on any atom is -0.398 e. The third-order valence-corrected chi connectivity index (χ3v) is 2.34. The van der Waals surface area contributed by atoms with E-state index < -0.39 is 0 Å². The lowest BCUT2D eigenvalue weighted by atomic mass is 10.1. The molecule has 0 aliphatic heterocycles. The summed E-state index contributed by atoms with van der Waals surface area (Å²) >= 11 is 0. The Morgan fingerprint density at radius 1 is 1.40 bits per heavy atom. The fourth-order valence-corrected chi connectivity index (χ4v) is 1.45. The highest BCUT2D eigenvalue weighted by Crippen LogP contribution is 2.25. The first-order chi connectivity index (χ1) is 7.08. The Bertz CT molecular complexity index is 503. The van der Waals surface area contributed by atoms with Crippen molar-refractivity contribution >= 4 is 5.69 Å². The summed E-state index contributed by atoms with van der Waals surface area (Å²) in [5, 5.41) is 0. The Hall–Kier alpha value is -1.84. The van der Waals surface area contributed by atoms with Crippen molar-refractivity contribution in [2.75, 3.05) is 5.73 Å².